The van der Waals surface area contributed by atoms with Crippen molar-refractivity contribution in [2.45, 2.75) is 12.1 Å². The van der Waals surface area contributed by atoms with Gasteiger partial charge in [-0.05, 0) is 13.1 Å². The molecule has 1 heterocycles. The van der Waals surface area contributed by atoms with Crippen molar-refractivity contribution >= 4 is 8.58 Å². The largest absolute Gasteiger partial charge is 0.381 e. The van der Waals surface area contributed by atoms with Gasteiger partial charge in [0.25, 0.3) is 0 Å². The van der Waals surface area contributed by atoms with Gasteiger partial charge in [-0.25, -0.2) is 0 Å². The third-order valence-corrected chi connectivity index (χ3v) is 2.61. The lowest BCUT2D eigenvalue weighted by molar-refractivity contribution is 0.199. The van der Waals surface area contributed by atoms with E-state index in [1.165, 1.54) is 6.42 Å². The van der Waals surface area contributed by atoms with Crippen LogP contribution in [0.4, 0.5) is 0 Å². The molecule has 1 saturated heterocycles. The van der Waals surface area contributed by atoms with E-state index < -0.39 is 0 Å². The lowest BCUT2D eigenvalue weighted by Gasteiger charge is -1.98. The Kier molecular flexibility index (Phi) is 2.08. The van der Waals surface area contributed by atoms with E-state index >= 15 is 0 Å². The summed E-state index contributed by atoms with van der Waals surface area (Å²) in [5, 5.41) is 0. The van der Waals surface area contributed by atoms with Crippen LogP contribution < -0.4 is 0 Å². The Morgan fingerprint density at radius 2 is 2.57 bits per heavy atom. The highest BCUT2D eigenvalue weighted by atomic mass is 31.1. The first-order valence-electron chi connectivity index (χ1n) is 2.68. The molecule has 0 amide bonds. The molecule has 2 unspecified atom stereocenters. The van der Waals surface area contributed by atoms with Crippen molar-refractivity contribution in [1.29, 1.82) is 0 Å². The molecule has 42 valence electrons. The van der Waals surface area contributed by atoms with Gasteiger partial charge < -0.3 is 4.74 Å². The van der Waals surface area contributed by atoms with Crippen LogP contribution in [0.5, 0.6) is 0 Å². The second-order valence-electron chi connectivity index (χ2n) is 1.85. The number of rotatable bonds is 1. The normalized spacial score (nSPS) is 33.0. The van der Waals surface area contributed by atoms with Gasteiger partial charge in [0.1, 0.15) is 0 Å². The molecule has 1 aliphatic rings. The van der Waals surface area contributed by atoms with Gasteiger partial charge in [0.05, 0.1) is 6.61 Å². The van der Waals surface area contributed by atoms with E-state index in [-0.39, 0.29) is 0 Å². The maximum Gasteiger partial charge on any atom is 0.0531 e. The predicted octanol–water partition coefficient (Wildman–Crippen LogP) is 1.08. The molecule has 0 aromatic carbocycles. The van der Waals surface area contributed by atoms with Crippen LogP contribution in [0, 0.1) is 0 Å². The molecule has 1 rings (SSSR count). The first kappa shape index (κ1) is 5.53. The summed E-state index contributed by atoms with van der Waals surface area (Å²) in [6.07, 6.45) is 1.30. The molecule has 0 radical (unpaired) electrons. The van der Waals surface area contributed by atoms with Gasteiger partial charge in [-0.1, -0.05) is 0 Å². The van der Waals surface area contributed by atoms with E-state index in [0.717, 1.165) is 27.5 Å². The summed E-state index contributed by atoms with van der Waals surface area (Å²) in [6.45, 7) is 4.28. The maximum atomic E-state index is 5.15. The molecular formula is C5H11OP. The van der Waals surface area contributed by atoms with Gasteiger partial charge in [-0.15, -0.1) is 8.58 Å². The van der Waals surface area contributed by atoms with Gasteiger partial charge in [0.15, 0.2) is 0 Å². The van der Waals surface area contributed by atoms with Crippen LogP contribution in [0.1, 0.15) is 6.42 Å². The van der Waals surface area contributed by atoms with Gasteiger partial charge in [-0.2, -0.15) is 0 Å². The molecule has 2 heteroatoms. The topological polar surface area (TPSA) is 9.23 Å². The Hall–Kier alpha value is 0.390. The monoisotopic (exact) mass is 118 g/mol. The molecule has 1 aliphatic heterocycles. The average molecular weight is 118 g/mol. The van der Waals surface area contributed by atoms with Gasteiger partial charge in [0, 0.05) is 12.3 Å². The molecule has 0 bridgehead atoms. The van der Waals surface area contributed by atoms with E-state index in [9.17, 15) is 0 Å². The minimum Gasteiger partial charge on any atom is -0.381 e. The minimum absolute atomic E-state index is 0.903. The van der Waals surface area contributed by atoms with Crippen LogP contribution in [0.3, 0.4) is 0 Å². The first-order chi connectivity index (χ1) is 3.43. The van der Waals surface area contributed by atoms with Gasteiger partial charge >= 0.3 is 0 Å². The highest BCUT2D eigenvalue weighted by molar-refractivity contribution is 7.37. The molecule has 0 aliphatic carbocycles. The van der Waals surface area contributed by atoms with Crippen LogP contribution >= 0.6 is 8.58 Å². The van der Waals surface area contributed by atoms with Crippen molar-refractivity contribution in [2.24, 2.45) is 0 Å². The Morgan fingerprint density at radius 1 is 1.71 bits per heavy atom. The van der Waals surface area contributed by atoms with Crippen molar-refractivity contribution in [3.05, 3.63) is 0 Å². The fourth-order valence-corrected chi connectivity index (χ4v) is 1.45. The molecule has 0 saturated carbocycles. The van der Waals surface area contributed by atoms with Crippen molar-refractivity contribution in [2.75, 3.05) is 19.9 Å². The van der Waals surface area contributed by atoms with Crippen LogP contribution in [0.2, 0.25) is 0 Å². The standard InChI is InChI=1S/C5H11OP/c1-7-5-2-3-6-4-5/h5,7H,2-4H2,1H3. The SMILES string of the molecule is CPC1CCOC1. The molecule has 1 fully saturated rings. The Morgan fingerprint density at radius 3 is 2.86 bits per heavy atom. The van der Waals surface area contributed by atoms with E-state index in [1.807, 2.05) is 0 Å². The summed E-state index contributed by atoms with van der Waals surface area (Å²) in [5.74, 6) is 0. The first-order valence-corrected chi connectivity index (χ1v) is 4.26. The van der Waals surface area contributed by atoms with E-state index in [4.69, 9.17) is 4.74 Å². The van der Waals surface area contributed by atoms with Crippen molar-refractivity contribution < 1.29 is 4.74 Å². The molecule has 0 spiro atoms. The van der Waals surface area contributed by atoms with Gasteiger partial charge in [-0.3, -0.25) is 0 Å². The second-order valence-corrected chi connectivity index (χ2v) is 3.24. The van der Waals surface area contributed by atoms with Crippen LogP contribution in [0.25, 0.3) is 0 Å². The van der Waals surface area contributed by atoms with Crippen LogP contribution in [0.15, 0.2) is 0 Å². The summed E-state index contributed by atoms with van der Waals surface area (Å²) in [5.41, 5.74) is 0.903. The number of ether oxygens (including phenoxy) is 1. The quantitative estimate of drug-likeness (QED) is 0.468. The summed E-state index contributed by atoms with van der Waals surface area (Å²) in [6, 6.07) is 0. The molecule has 0 aromatic heterocycles. The summed E-state index contributed by atoms with van der Waals surface area (Å²) < 4.78 is 5.15. The third kappa shape index (κ3) is 1.40. The smallest absolute Gasteiger partial charge is 0.0531 e. The summed E-state index contributed by atoms with van der Waals surface area (Å²) >= 11 is 0. The maximum absolute atomic E-state index is 5.15. The van der Waals surface area contributed by atoms with Crippen LogP contribution in [-0.2, 0) is 4.74 Å². The molecule has 2 atom stereocenters. The van der Waals surface area contributed by atoms with Crippen molar-refractivity contribution in [3.63, 3.8) is 0 Å². The molecular weight excluding hydrogens is 107 g/mol. The van der Waals surface area contributed by atoms with Crippen molar-refractivity contribution in [1.82, 2.24) is 0 Å². The van der Waals surface area contributed by atoms with E-state index in [2.05, 4.69) is 6.66 Å². The molecule has 7 heavy (non-hydrogen) atoms. The zero-order valence-electron chi connectivity index (χ0n) is 4.61. The Labute approximate surface area is 46.2 Å². The van der Waals surface area contributed by atoms with Crippen LogP contribution in [-0.4, -0.2) is 25.5 Å². The Bertz CT molecular complexity index is 50.0. The number of hydrogen-bond acceptors (Lipinski definition) is 1. The third-order valence-electron chi connectivity index (χ3n) is 1.34. The summed E-state index contributed by atoms with van der Waals surface area (Å²) in [4.78, 5) is 0. The molecule has 0 aromatic rings. The zero-order chi connectivity index (χ0) is 5.11. The van der Waals surface area contributed by atoms with E-state index in [1.54, 1.807) is 0 Å². The highest BCUT2D eigenvalue weighted by Gasteiger charge is 2.11. The lowest BCUT2D eigenvalue weighted by atomic mass is 10.4. The predicted molar refractivity (Wildman–Crippen MR) is 33.5 cm³/mol. The summed E-state index contributed by atoms with van der Waals surface area (Å²) in [7, 11) is 1.09. The zero-order valence-corrected chi connectivity index (χ0v) is 5.61. The average Bonchev–Trinajstić information content (AvgIpc) is 2.14. The van der Waals surface area contributed by atoms with E-state index in [0.29, 0.717) is 0 Å². The molecule has 1 nitrogen and oxygen atoms in total. The van der Waals surface area contributed by atoms with Crippen molar-refractivity contribution in [3.8, 4) is 0 Å². The Balaban J connectivity index is 2.14. The fourth-order valence-electron chi connectivity index (χ4n) is 0.762. The second kappa shape index (κ2) is 2.64. The van der Waals surface area contributed by atoms with Gasteiger partial charge in [0.2, 0.25) is 0 Å². The lowest BCUT2D eigenvalue weighted by Crippen LogP contribution is -1.95. The number of hydrogen-bond donors (Lipinski definition) is 0. The highest BCUT2D eigenvalue weighted by Crippen LogP contribution is 2.21. The fraction of sp³-hybridized carbons (Fsp3) is 1.00. The molecule has 0 N–H and O–H groups in total. The minimum atomic E-state index is 0.903.